The fourth-order valence-corrected chi connectivity index (χ4v) is 0.933. The van der Waals surface area contributed by atoms with Gasteiger partial charge < -0.3 is 5.32 Å². The Kier molecular flexibility index (Phi) is 1.28. The molecule has 1 heteroatoms. The van der Waals surface area contributed by atoms with Gasteiger partial charge in [0.05, 0.1) is 0 Å². The van der Waals surface area contributed by atoms with Gasteiger partial charge in [0.2, 0.25) is 0 Å². The van der Waals surface area contributed by atoms with Gasteiger partial charge in [0.25, 0.3) is 0 Å². The lowest BCUT2D eigenvalue weighted by Crippen LogP contribution is -2.20. The van der Waals surface area contributed by atoms with Gasteiger partial charge in [-0.2, -0.15) is 0 Å². The summed E-state index contributed by atoms with van der Waals surface area (Å²) in [6.07, 6.45) is 2.11. The fraction of sp³-hybridized carbons (Fsp3) is 0.714. The van der Waals surface area contributed by atoms with E-state index in [1.165, 1.54) is 5.57 Å². The highest BCUT2D eigenvalue weighted by Crippen LogP contribution is 2.18. The number of hydrogen-bond donors (Lipinski definition) is 1. The van der Waals surface area contributed by atoms with E-state index in [9.17, 15) is 0 Å². The van der Waals surface area contributed by atoms with Crippen LogP contribution in [-0.2, 0) is 0 Å². The zero-order valence-electron chi connectivity index (χ0n) is 5.73. The van der Waals surface area contributed by atoms with E-state index in [4.69, 9.17) is 0 Å². The monoisotopic (exact) mass is 111 g/mol. The summed E-state index contributed by atoms with van der Waals surface area (Å²) >= 11 is 0. The van der Waals surface area contributed by atoms with Crippen molar-refractivity contribution in [3.63, 3.8) is 0 Å². The van der Waals surface area contributed by atoms with Crippen LogP contribution in [0.4, 0.5) is 0 Å². The van der Waals surface area contributed by atoms with Crippen molar-refractivity contribution in [1.29, 1.82) is 0 Å². The molecule has 0 saturated heterocycles. The molecule has 46 valence electrons. The van der Waals surface area contributed by atoms with Crippen molar-refractivity contribution in [3.8, 4) is 0 Å². The predicted octanol–water partition coefficient (Wildman–Crippen LogP) is 1.52. The van der Waals surface area contributed by atoms with E-state index in [0.717, 1.165) is 5.92 Å². The van der Waals surface area contributed by atoms with Crippen molar-refractivity contribution in [3.05, 3.63) is 11.8 Å². The van der Waals surface area contributed by atoms with Crippen molar-refractivity contribution >= 4 is 0 Å². The summed E-state index contributed by atoms with van der Waals surface area (Å²) in [7, 11) is 0. The van der Waals surface area contributed by atoms with E-state index < -0.39 is 0 Å². The van der Waals surface area contributed by atoms with Crippen LogP contribution in [0.25, 0.3) is 0 Å². The molecule has 1 aliphatic rings. The third kappa shape index (κ3) is 0.726. The Morgan fingerprint density at radius 1 is 1.50 bits per heavy atom. The fourth-order valence-electron chi connectivity index (χ4n) is 0.933. The molecule has 0 radical (unpaired) electrons. The quantitative estimate of drug-likeness (QED) is 0.499. The Labute approximate surface area is 50.8 Å². The van der Waals surface area contributed by atoms with E-state index in [1.54, 1.807) is 0 Å². The molecule has 2 unspecified atom stereocenters. The van der Waals surface area contributed by atoms with Crippen LogP contribution in [0.3, 0.4) is 0 Å². The molecule has 1 aliphatic heterocycles. The van der Waals surface area contributed by atoms with Crippen molar-refractivity contribution in [2.45, 2.75) is 26.8 Å². The Morgan fingerprint density at radius 3 is 2.25 bits per heavy atom. The minimum atomic E-state index is 0.648. The van der Waals surface area contributed by atoms with E-state index in [1.807, 2.05) is 0 Å². The molecule has 1 heterocycles. The maximum absolute atomic E-state index is 3.26. The molecular weight excluding hydrogens is 98.1 g/mol. The summed E-state index contributed by atoms with van der Waals surface area (Å²) in [5.74, 6) is 0.731. The molecular formula is C7H13N. The standard InChI is InChI=1S/C7H13N/c1-5-4-8-7(3)6(5)2/h4,6-8H,1-3H3. The number of rotatable bonds is 0. The molecule has 0 saturated carbocycles. The summed E-state index contributed by atoms with van der Waals surface area (Å²) in [4.78, 5) is 0. The summed E-state index contributed by atoms with van der Waals surface area (Å²) in [6.45, 7) is 6.62. The zero-order valence-corrected chi connectivity index (χ0v) is 5.73. The molecule has 8 heavy (non-hydrogen) atoms. The average molecular weight is 111 g/mol. The molecule has 0 amide bonds. The van der Waals surface area contributed by atoms with E-state index >= 15 is 0 Å². The van der Waals surface area contributed by atoms with E-state index in [-0.39, 0.29) is 0 Å². The number of nitrogens with one attached hydrogen (secondary N) is 1. The largest absolute Gasteiger partial charge is 0.388 e. The van der Waals surface area contributed by atoms with Crippen molar-refractivity contribution in [1.82, 2.24) is 5.32 Å². The molecule has 0 aromatic carbocycles. The van der Waals surface area contributed by atoms with Gasteiger partial charge >= 0.3 is 0 Å². The van der Waals surface area contributed by atoms with Gasteiger partial charge in [-0.05, 0) is 26.0 Å². The third-order valence-electron chi connectivity index (χ3n) is 2.04. The van der Waals surface area contributed by atoms with Gasteiger partial charge in [-0.15, -0.1) is 0 Å². The topological polar surface area (TPSA) is 12.0 Å². The Balaban J connectivity index is 2.59. The molecule has 0 aliphatic carbocycles. The second kappa shape index (κ2) is 1.81. The summed E-state index contributed by atoms with van der Waals surface area (Å²) in [6, 6.07) is 0.648. The molecule has 0 aromatic rings. The lowest BCUT2D eigenvalue weighted by molar-refractivity contribution is 0.540. The minimum Gasteiger partial charge on any atom is -0.388 e. The highest BCUT2D eigenvalue weighted by atomic mass is 14.9. The third-order valence-corrected chi connectivity index (χ3v) is 2.04. The van der Waals surface area contributed by atoms with E-state index in [2.05, 4.69) is 32.3 Å². The highest BCUT2D eigenvalue weighted by Gasteiger charge is 2.16. The van der Waals surface area contributed by atoms with Crippen LogP contribution in [0.15, 0.2) is 11.8 Å². The predicted molar refractivity (Wildman–Crippen MR) is 35.5 cm³/mol. The summed E-state index contributed by atoms with van der Waals surface area (Å²) in [5.41, 5.74) is 1.47. The Hall–Kier alpha value is -0.460. The molecule has 0 bridgehead atoms. The van der Waals surface area contributed by atoms with Gasteiger partial charge in [0.1, 0.15) is 0 Å². The van der Waals surface area contributed by atoms with Crippen LogP contribution in [0.1, 0.15) is 20.8 Å². The highest BCUT2D eigenvalue weighted by molar-refractivity contribution is 5.10. The Morgan fingerprint density at radius 2 is 2.12 bits per heavy atom. The molecule has 1 nitrogen and oxygen atoms in total. The second-order valence-electron chi connectivity index (χ2n) is 2.63. The first-order valence-electron chi connectivity index (χ1n) is 3.14. The van der Waals surface area contributed by atoms with Gasteiger partial charge in [-0.1, -0.05) is 12.5 Å². The molecule has 0 fully saturated rings. The second-order valence-corrected chi connectivity index (χ2v) is 2.63. The summed E-state index contributed by atoms with van der Waals surface area (Å²) in [5, 5.41) is 3.26. The lowest BCUT2D eigenvalue weighted by Gasteiger charge is -2.10. The van der Waals surface area contributed by atoms with Crippen LogP contribution in [-0.4, -0.2) is 6.04 Å². The molecule has 1 rings (SSSR count). The van der Waals surface area contributed by atoms with Gasteiger partial charge in [-0.3, -0.25) is 0 Å². The first-order chi connectivity index (χ1) is 3.72. The summed E-state index contributed by atoms with van der Waals surface area (Å²) < 4.78 is 0. The SMILES string of the molecule is CC1=CNC(C)C1C. The zero-order chi connectivity index (χ0) is 6.15. The first kappa shape index (κ1) is 5.67. The molecule has 0 aromatic heterocycles. The minimum absolute atomic E-state index is 0.648. The van der Waals surface area contributed by atoms with Gasteiger partial charge in [0, 0.05) is 6.04 Å². The van der Waals surface area contributed by atoms with Gasteiger partial charge in [-0.25, -0.2) is 0 Å². The van der Waals surface area contributed by atoms with Crippen LogP contribution in [0.2, 0.25) is 0 Å². The molecule has 1 N–H and O–H groups in total. The van der Waals surface area contributed by atoms with Crippen molar-refractivity contribution in [2.24, 2.45) is 5.92 Å². The lowest BCUT2D eigenvalue weighted by atomic mass is 10.0. The van der Waals surface area contributed by atoms with Crippen molar-refractivity contribution < 1.29 is 0 Å². The average Bonchev–Trinajstić information content (AvgIpc) is 1.98. The maximum Gasteiger partial charge on any atom is 0.0290 e. The van der Waals surface area contributed by atoms with Crippen LogP contribution in [0.5, 0.6) is 0 Å². The molecule has 2 atom stereocenters. The maximum atomic E-state index is 3.26. The van der Waals surface area contributed by atoms with Crippen LogP contribution < -0.4 is 5.32 Å². The van der Waals surface area contributed by atoms with Crippen LogP contribution >= 0.6 is 0 Å². The first-order valence-corrected chi connectivity index (χ1v) is 3.14. The Bertz CT molecular complexity index is 116. The van der Waals surface area contributed by atoms with Crippen molar-refractivity contribution in [2.75, 3.05) is 0 Å². The van der Waals surface area contributed by atoms with Crippen LogP contribution in [0, 0.1) is 5.92 Å². The van der Waals surface area contributed by atoms with Gasteiger partial charge in [0.15, 0.2) is 0 Å². The molecule has 0 spiro atoms. The smallest absolute Gasteiger partial charge is 0.0290 e. The number of hydrogen-bond acceptors (Lipinski definition) is 1. The normalized spacial score (nSPS) is 36.6. The van der Waals surface area contributed by atoms with E-state index in [0.29, 0.717) is 6.04 Å².